The normalized spacial score (nSPS) is 12.1. The van der Waals surface area contributed by atoms with Crippen LogP contribution in [-0.2, 0) is 0 Å². The zero-order valence-electron chi connectivity index (χ0n) is 34.6. The van der Waals surface area contributed by atoms with Crippen molar-refractivity contribution in [3.8, 4) is 39.3 Å². The molecule has 0 saturated carbocycles. The first kappa shape index (κ1) is 35.7. The molecule has 0 unspecified atom stereocenters. The van der Waals surface area contributed by atoms with E-state index in [0.29, 0.717) is 0 Å². The van der Waals surface area contributed by atoms with Crippen molar-refractivity contribution < 1.29 is 0 Å². The zero-order valence-corrected chi connectivity index (χ0v) is 36.3. The number of benzene rings is 10. The van der Waals surface area contributed by atoms with Gasteiger partial charge in [0, 0.05) is 16.5 Å². The molecule has 14 aromatic rings. The van der Waals surface area contributed by atoms with Gasteiger partial charge >= 0.3 is 290 Å². The fraction of sp³-hybridized carbons (Fsp3) is 0. The van der Waals surface area contributed by atoms with Crippen LogP contribution in [0.2, 0.25) is 0 Å². The van der Waals surface area contributed by atoms with Crippen molar-refractivity contribution in [2.75, 3.05) is 0 Å². The molecule has 0 amide bonds. The summed E-state index contributed by atoms with van der Waals surface area (Å²) in [6, 6.07) is 83.1. The van der Waals surface area contributed by atoms with Crippen LogP contribution in [0.1, 0.15) is 0 Å². The van der Waals surface area contributed by atoms with E-state index in [4.69, 9.17) is 0 Å². The summed E-state index contributed by atoms with van der Waals surface area (Å²) in [6.07, 6.45) is 0. The van der Waals surface area contributed by atoms with Crippen LogP contribution in [0.5, 0.6) is 0 Å². The van der Waals surface area contributed by atoms with Crippen LogP contribution >= 0.6 is 0 Å². The van der Waals surface area contributed by atoms with E-state index < -0.39 is 0 Å². The molecule has 0 aliphatic heterocycles. The predicted molar refractivity (Wildman–Crippen MR) is 272 cm³/mol. The summed E-state index contributed by atoms with van der Waals surface area (Å²) in [5.41, 5.74) is 15.8. The van der Waals surface area contributed by atoms with Gasteiger partial charge < -0.3 is 4.57 Å². The van der Waals surface area contributed by atoms with Crippen LogP contribution in [0.4, 0.5) is 0 Å². The maximum atomic E-state index is 2.52. The number of nitrogens with zero attached hydrogens (tertiary/aromatic N) is 3. The van der Waals surface area contributed by atoms with Gasteiger partial charge in [-0.3, -0.25) is 0 Å². The number of rotatable bonds is 5. The Hall–Kier alpha value is -7.88. The molecule has 10 aromatic carbocycles. The van der Waals surface area contributed by atoms with E-state index in [9.17, 15) is 0 Å². The molecule has 14 rings (SSSR count). The first-order valence-electron chi connectivity index (χ1n) is 21.9. The van der Waals surface area contributed by atoms with Crippen LogP contribution in [0.3, 0.4) is 0 Å². The first-order valence-corrected chi connectivity index (χ1v) is 23.6. The van der Waals surface area contributed by atoms with Crippen LogP contribution in [0.15, 0.2) is 224 Å². The second kappa shape index (κ2) is 13.8. The summed E-state index contributed by atoms with van der Waals surface area (Å²) >= 11 is 0.217. The predicted octanol–water partition coefficient (Wildman–Crippen LogP) is 15.7. The van der Waals surface area contributed by atoms with Crippen LogP contribution < -0.4 is 0 Å². The molecule has 3 nitrogen and oxygen atoms in total. The number of aromatic nitrogens is 3. The third kappa shape index (κ3) is 5.22. The standard InChI is InChI=1S/C60H37N3Se/c1-2-14-38(15-3-1)39-16-12-17-40(34-39)41-28-33-58-50(35-41)60-57(26-13-27-59(60)64-58)63-54-25-11-7-21-47(54)49-37-43(30-32-56(49)63)62-53-24-10-6-20-46(53)48-36-42(29-31-55(48)62)61-51-22-8-4-18-44(51)45-19-5-9-23-52(45)61/h1-37H. The second-order valence-corrected chi connectivity index (χ2v) is 19.2. The summed E-state index contributed by atoms with van der Waals surface area (Å²) in [5.74, 6) is 0. The number of hydrogen-bond donors (Lipinski definition) is 0. The molecule has 0 N–H and O–H groups in total. The third-order valence-electron chi connectivity index (χ3n) is 13.4. The summed E-state index contributed by atoms with van der Waals surface area (Å²) in [4.78, 5) is 0. The van der Waals surface area contributed by atoms with E-state index in [1.54, 1.807) is 0 Å². The Labute approximate surface area is 374 Å². The summed E-state index contributed by atoms with van der Waals surface area (Å²) < 4.78 is 10.3. The molecule has 4 heteroatoms. The Morgan fingerprint density at radius 3 is 1.31 bits per heavy atom. The van der Waals surface area contributed by atoms with Crippen molar-refractivity contribution in [1.29, 1.82) is 0 Å². The van der Waals surface area contributed by atoms with Crippen molar-refractivity contribution in [1.82, 2.24) is 13.7 Å². The Morgan fingerprint density at radius 1 is 0.250 bits per heavy atom. The molecule has 64 heavy (non-hydrogen) atoms. The van der Waals surface area contributed by atoms with Crippen molar-refractivity contribution in [3.05, 3.63) is 224 Å². The minimum absolute atomic E-state index is 0.217. The van der Waals surface area contributed by atoms with Crippen LogP contribution in [-0.4, -0.2) is 28.2 Å². The topological polar surface area (TPSA) is 14.8 Å². The Morgan fingerprint density at radius 2 is 0.703 bits per heavy atom. The van der Waals surface area contributed by atoms with E-state index in [2.05, 4.69) is 238 Å². The van der Waals surface area contributed by atoms with Gasteiger partial charge in [-0.25, -0.2) is 0 Å². The van der Waals surface area contributed by atoms with E-state index >= 15 is 0 Å². The molecule has 4 heterocycles. The Balaban J connectivity index is 0.950. The monoisotopic (exact) mass is 879 g/mol. The van der Waals surface area contributed by atoms with Crippen molar-refractivity contribution in [2.45, 2.75) is 0 Å². The molecular formula is C60H37N3Se. The number of para-hydroxylation sites is 4. The second-order valence-electron chi connectivity index (χ2n) is 16.9. The average Bonchev–Trinajstić information content (AvgIpc) is 4.10. The van der Waals surface area contributed by atoms with E-state index in [0.717, 1.165) is 11.4 Å². The van der Waals surface area contributed by atoms with Crippen molar-refractivity contribution in [3.63, 3.8) is 0 Å². The van der Waals surface area contributed by atoms with Gasteiger partial charge in [0.05, 0.1) is 11.0 Å². The van der Waals surface area contributed by atoms with E-state index in [-0.39, 0.29) is 14.5 Å². The van der Waals surface area contributed by atoms with Crippen LogP contribution in [0, 0.1) is 0 Å². The van der Waals surface area contributed by atoms with Gasteiger partial charge in [0.15, 0.2) is 0 Å². The molecule has 0 aliphatic carbocycles. The molecular weight excluding hydrogens is 842 g/mol. The molecule has 0 bridgehead atoms. The fourth-order valence-corrected chi connectivity index (χ4v) is 12.9. The van der Waals surface area contributed by atoms with Crippen molar-refractivity contribution in [2.24, 2.45) is 0 Å². The fourth-order valence-electron chi connectivity index (χ4n) is 10.6. The van der Waals surface area contributed by atoms with Gasteiger partial charge in [0.25, 0.3) is 0 Å². The molecule has 0 saturated heterocycles. The molecule has 0 radical (unpaired) electrons. The molecule has 0 fully saturated rings. The van der Waals surface area contributed by atoms with Gasteiger partial charge in [-0.1, -0.05) is 42.5 Å². The quantitative estimate of drug-likeness (QED) is 0.153. The van der Waals surface area contributed by atoms with Crippen LogP contribution in [0.25, 0.3) is 124 Å². The minimum atomic E-state index is 0.217. The molecule has 0 spiro atoms. The van der Waals surface area contributed by atoms with Gasteiger partial charge in [0.2, 0.25) is 0 Å². The summed E-state index contributed by atoms with van der Waals surface area (Å²) in [6.45, 7) is 0. The average molecular weight is 879 g/mol. The third-order valence-corrected chi connectivity index (χ3v) is 15.8. The van der Waals surface area contributed by atoms with Crippen molar-refractivity contribution >= 4 is 99.2 Å². The van der Waals surface area contributed by atoms with E-state index in [1.165, 1.54) is 113 Å². The summed E-state index contributed by atoms with van der Waals surface area (Å²) in [5, 5.41) is 10.2. The van der Waals surface area contributed by atoms with Gasteiger partial charge in [-0.2, -0.15) is 0 Å². The number of hydrogen-bond acceptors (Lipinski definition) is 0. The van der Waals surface area contributed by atoms with Gasteiger partial charge in [-0.15, -0.1) is 0 Å². The molecule has 298 valence electrons. The molecule has 0 atom stereocenters. The Kier molecular flexibility index (Phi) is 7.70. The van der Waals surface area contributed by atoms with Gasteiger partial charge in [0.1, 0.15) is 0 Å². The maximum absolute atomic E-state index is 2.52. The van der Waals surface area contributed by atoms with E-state index in [1.807, 2.05) is 0 Å². The van der Waals surface area contributed by atoms with Gasteiger partial charge in [-0.05, 0) is 12.1 Å². The Bertz CT molecular complexity index is 4140. The SMILES string of the molecule is c1ccc(-c2cccc(-c3ccc4[se]c5cccc(-n6c7ccccc7c7cc(-n8c9ccccc9c9cc(-n%10c%11ccccc%11c%11ccccc%11%10)ccc98)ccc76)c5c4c3)c2)cc1. The summed E-state index contributed by atoms with van der Waals surface area (Å²) in [7, 11) is 0. The first-order chi connectivity index (χ1) is 31.7. The molecule has 0 aliphatic rings. The zero-order chi connectivity index (χ0) is 41.9. The number of fused-ring (bicyclic) bond motifs is 12. The molecule has 4 aromatic heterocycles.